The third kappa shape index (κ3) is 3.29. The molecule has 24 heavy (non-hydrogen) atoms. The molecule has 1 N–H and O–H groups in total. The smallest absolute Gasteiger partial charge is 0.273 e. The number of hydrogen-bond acceptors (Lipinski definition) is 6. The fraction of sp³-hybridized carbons (Fsp3) is 0.188. The molecule has 0 saturated heterocycles. The summed E-state index contributed by atoms with van der Waals surface area (Å²) in [6.07, 6.45) is 2.27. The van der Waals surface area contributed by atoms with Crippen LogP contribution in [-0.2, 0) is 16.4 Å². The predicted octanol–water partition coefficient (Wildman–Crippen LogP) is 3.77. The first kappa shape index (κ1) is 16.5. The molecule has 0 saturated carbocycles. The molecule has 1 aromatic carbocycles. The van der Waals surface area contributed by atoms with Crippen molar-refractivity contribution < 1.29 is 17.7 Å². The van der Waals surface area contributed by atoms with Gasteiger partial charge in [0.1, 0.15) is 9.96 Å². The molecule has 2 heterocycles. The summed E-state index contributed by atoms with van der Waals surface area (Å²) in [7, 11) is -2.12. The largest absolute Gasteiger partial charge is 0.497 e. The van der Waals surface area contributed by atoms with Crippen LogP contribution in [0, 0.1) is 0 Å². The Morgan fingerprint density at radius 2 is 1.96 bits per heavy atom. The molecule has 8 heteroatoms. The highest BCUT2D eigenvalue weighted by Crippen LogP contribution is 2.32. The number of rotatable bonds is 6. The monoisotopic (exact) mass is 364 g/mol. The summed E-state index contributed by atoms with van der Waals surface area (Å²) in [5, 5.41) is 3.71. The van der Waals surface area contributed by atoms with Gasteiger partial charge < -0.3 is 9.26 Å². The van der Waals surface area contributed by atoms with Crippen LogP contribution in [0.25, 0.3) is 11.1 Å². The number of benzene rings is 1. The molecule has 0 radical (unpaired) electrons. The van der Waals surface area contributed by atoms with Gasteiger partial charge in [-0.3, -0.25) is 0 Å². The van der Waals surface area contributed by atoms with Crippen molar-refractivity contribution in [3.63, 3.8) is 0 Å². The zero-order valence-corrected chi connectivity index (χ0v) is 14.8. The molecule has 0 atom stereocenters. The van der Waals surface area contributed by atoms with E-state index in [2.05, 4.69) is 9.88 Å². The van der Waals surface area contributed by atoms with Gasteiger partial charge >= 0.3 is 0 Å². The number of sulfonamides is 1. The second-order valence-electron chi connectivity index (χ2n) is 4.98. The summed E-state index contributed by atoms with van der Waals surface area (Å²) in [6, 6.07) is 10.6. The van der Waals surface area contributed by atoms with E-state index in [1.165, 1.54) is 17.5 Å². The normalized spacial score (nSPS) is 11.4. The van der Waals surface area contributed by atoms with Crippen molar-refractivity contribution in [2.45, 2.75) is 17.6 Å². The van der Waals surface area contributed by atoms with Crippen LogP contribution in [0.3, 0.4) is 0 Å². The first-order chi connectivity index (χ1) is 11.5. The fourth-order valence-electron chi connectivity index (χ4n) is 2.15. The van der Waals surface area contributed by atoms with Crippen molar-refractivity contribution in [3.8, 4) is 16.9 Å². The Balaban J connectivity index is 1.89. The molecule has 0 aliphatic carbocycles. The second kappa shape index (κ2) is 6.66. The van der Waals surface area contributed by atoms with Crippen LogP contribution >= 0.6 is 11.3 Å². The predicted molar refractivity (Wildman–Crippen MR) is 93.0 cm³/mol. The van der Waals surface area contributed by atoms with Gasteiger partial charge in [-0.2, -0.15) is 0 Å². The Kier molecular flexibility index (Phi) is 4.59. The quantitative estimate of drug-likeness (QED) is 0.720. The van der Waals surface area contributed by atoms with Crippen molar-refractivity contribution >= 4 is 27.2 Å². The van der Waals surface area contributed by atoms with Crippen molar-refractivity contribution in [1.29, 1.82) is 0 Å². The van der Waals surface area contributed by atoms with Crippen LogP contribution < -0.4 is 9.46 Å². The third-order valence-electron chi connectivity index (χ3n) is 3.45. The maximum atomic E-state index is 12.5. The maximum Gasteiger partial charge on any atom is 0.273 e. The van der Waals surface area contributed by atoms with Crippen LogP contribution in [0.1, 0.15) is 11.8 Å². The van der Waals surface area contributed by atoms with Crippen LogP contribution in [-0.4, -0.2) is 20.7 Å². The van der Waals surface area contributed by atoms with Crippen molar-refractivity contribution in [2.24, 2.45) is 0 Å². The number of aromatic nitrogens is 1. The molecule has 2 aromatic heterocycles. The number of methoxy groups -OCH3 is 1. The zero-order valence-electron chi connectivity index (χ0n) is 13.1. The summed E-state index contributed by atoms with van der Waals surface area (Å²) < 4.78 is 37.9. The Morgan fingerprint density at radius 1 is 1.21 bits per heavy atom. The summed E-state index contributed by atoms with van der Waals surface area (Å²) >= 11 is 1.24. The molecule has 126 valence electrons. The average molecular weight is 364 g/mol. The number of nitrogens with zero attached hydrogens (tertiary/aromatic N) is 1. The number of nitrogens with one attached hydrogen (secondary N) is 1. The molecule has 6 nitrogen and oxygen atoms in total. The Hall–Kier alpha value is -2.32. The highest BCUT2D eigenvalue weighted by Gasteiger charge is 2.21. The molecular formula is C16H16N2O4S2. The maximum absolute atomic E-state index is 12.5. The van der Waals surface area contributed by atoms with E-state index < -0.39 is 10.0 Å². The molecule has 3 aromatic rings. The van der Waals surface area contributed by atoms with Gasteiger partial charge in [-0.1, -0.05) is 24.2 Å². The first-order valence-electron chi connectivity index (χ1n) is 7.24. The molecule has 0 unspecified atom stereocenters. The molecule has 0 amide bonds. The van der Waals surface area contributed by atoms with Crippen molar-refractivity contribution in [3.05, 3.63) is 47.5 Å². The number of anilines is 1. The Bertz CT molecular complexity index is 927. The summed E-state index contributed by atoms with van der Waals surface area (Å²) in [4.78, 5) is 1.00. The second-order valence-corrected chi connectivity index (χ2v) is 8.05. The fourth-order valence-corrected chi connectivity index (χ4v) is 4.45. The SMILES string of the molecule is CCc1ccc(S(=O)(=O)Nc2oncc2-c2ccc(OC)cc2)s1. The Labute approximate surface area is 144 Å². The van der Waals surface area contributed by atoms with Crippen LogP contribution in [0.2, 0.25) is 0 Å². The lowest BCUT2D eigenvalue weighted by atomic mass is 10.1. The zero-order chi connectivity index (χ0) is 17.2. The van der Waals surface area contributed by atoms with Crippen molar-refractivity contribution in [1.82, 2.24) is 5.16 Å². The average Bonchev–Trinajstić information content (AvgIpc) is 3.24. The lowest BCUT2D eigenvalue weighted by Gasteiger charge is -2.06. The lowest BCUT2D eigenvalue weighted by Crippen LogP contribution is -2.11. The van der Waals surface area contributed by atoms with Crippen LogP contribution in [0.15, 0.2) is 51.3 Å². The standard InChI is InChI=1S/C16H16N2O4S2/c1-3-13-8-9-15(23-13)24(19,20)18-16-14(10-17-22-16)11-4-6-12(21-2)7-5-11/h4-10,18H,3H2,1-2H3. The molecule has 0 aliphatic rings. The van der Waals surface area contributed by atoms with E-state index in [9.17, 15) is 8.42 Å². The van der Waals surface area contributed by atoms with Gasteiger partial charge in [0.15, 0.2) is 0 Å². The molecular weight excluding hydrogens is 348 g/mol. The van der Waals surface area contributed by atoms with E-state index in [1.54, 1.807) is 25.3 Å². The molecule has 0 aliphatic heterocycles. The van der Waals surface area contributed by atoms with E-state index >= 15 is 0 Å². The topological polar surface area (TPSA) is 81.4 Å². The molecule has 0 spiro atoms. The highest BCUT2D eigenvalue weighted by molar-refractivity contribution is 7.94. The van der Waals surface area contributed by atoms with E-state index in [0.717, 1.165) is 16.9 Å². The number of hydrogen-bond donors (Lipinski definition) is 1. The van der Waals surface area contributed by atoms with Gasteiger partial charge in [0.25, 0.3) is 10.0 Å². The van der Waals surface area contributed by atoms with Gasteiger partial charge in [-0.25, -0.2) is 13.1 Å². The molecule has 3 rings (SSSR count). The van der Waals surface area contributed by atoms with Gasteiger partial charge in [0.2, 0.25) is 5.88 Å². The van der Waals surface area contributed by atoms with Gasteiger partial charge in [-0.15, -0.1) is 11.3 Å². The summed E-state index contributed by atoms with van der Waals surface area (Å²) in [5.41, 5.74) is 1.34. The minimum atomic E-state index is -3.71. The minimum Gasteiger partial charge on any atom is -0.497 e. The van der Waals surface area contributed by atoms with Crippen LogP contribution in [0.4, 0.5) is 5.88 Å². The van der Waals surface area contributed by atoms with Crippen molar-refractivity contribution in [2.75, 3.05) is 11.8 Å². The molecule has 0 fully saturated rings. The molecule has 0 bridgehead atoms. The van der Waals surface area contributed by atoms with E-state index in [1.807, 2.05) is 25.1 Å². The highest BCUT2D eigenvalue weighted by atomic mass is 32.2. The first-order valence-corrected chi connectivity index (χ1v) is 9.54. The summed E-state index contributed by atoms with van der Waals surface area (Å²) in [6.45, 7) is 1.98. The Morgan fingerprint density at radius 3 is 2.58 bits per heavy atom. The number of thiophene rings is 1. The van der Waals surface area contributed by atoms with Gasteiger partial charge in [0, 0.05) is 4.88 Å². The van der Waals surface area contributed by atoms with E-state index in [-0.39, 0.29) is 10.1 Å². The van der Waals surface area contributed by atoms with Gasteiger partial charge in [0.05, 0.1) is 18.9 Å². The number of aryl methyl sites for hydroxylation is 1. The van der Waals surface area contributed by atoms with Crippen LogP contribution in [0.5, 0.6) is 5.75 Å². The van der Waals surface area contributed by atoms with Gasteiger partial charge in [-0.05, 0) is 36.2 Å². The lowest BCUT2D eigenvalue weighted by molar-refractivity contribution is 0.415. The van der Waals surface area contributed by atoms with E-state index in [4.69, 9.17) is 9.26 Å². The third-order valence-corrected chi connectivity index (χ3v) is 6.50. The summed E-state index contributed by atoms with van der Waals surface area (Å²) in [5.74, 6) is 0.801. The minimum absolute atomic E-state index is 0.0895. The van der Waals surface area contributed by atoms with E-state index in [0.29, 0.717) is 11.3 Å². The number of ether oxygens (including phenoxy) is 1.